The molecule has 0 aliphatic rings. The maximum absolute atomic E-state index is 12.0. The van der Waals surface area contributed by atoms with Gasteiger partial charge in [-0.2, -0.15) is 0 Å². The molecule has 1 aromatic heterocycles. The molecule has 0 saturated carbocycles. The van der Waals surface area contributed by atoms with E-state index in [0.29, 0.717) is 18.8 Å². The van der Waals surface area contributed by atoms with E-state index >= 15 is 0 Å². The van der Waals surface area contributed by atoms with E-state index in [9.17, 15) is 9.59 Å². The highest BCUT2D eigenvalue weighted by Gasteiger charge is 2.17. The van der Waals surface area contributed by atoms with Crippen LogP contribution in [0.4, 0.5) is 4.79 Å². The summed E-state index contributed by atoms with van der Waals surface area (Å²) in [5.74, 6) is 0.291. The maximum Gasteiger partial charge on any atom is 0.415 e. The summed E-state index contributed by atoms with van der Waals surface area (Å²) in [6.07, 6.45) is 1.16. The second-order valence-corrected chi connectivity index (χ2v) is 4.44. The summed E-state index contributed by atoms with van der Waals surface area (Å²) in [6.45, 7) is 6.43. The summed E-state index contributed by atoms with van der Waals surface area (Å²) < 4.78 is 6.90. The van der Waals surface area contributed by atoms with Gasteiger partial charge in [-0.3, -0.25) is 9.36 Å². The molecule has 20 heavy (non-hydrogen) atoms. The Hall–Kier alpha value is -2.30. The van der Waals surface area contributed by atoms with Crippen molar-refractivity contribution >= 4 is 22.9 Å². The zero-order valence-electron chi connectivity index (χ0n) is 11.9. The van der Waals surface area contributed by atoms with E-state index in [2.05, 4.69) is 0 Å². The molecule has 1 aromatic carbocycles. The predicted octanol–water partition coefficient (Wildman–Crippen LogP) is 3.14. The molecule has 0 spiro atoms. The van der Waals surface area contributed by atoms with Crippen LogP contribution in [0.3, 0.4) is 0 Å². The van der Waals surface area contributed by atoms with Gasteiger partial charge in [-0.1, -0.05) is 12.1 Å². The summed E-state index contributed by atoms with van der Waals surface area (Å²) in [4.78, 5) is 25.2. The van der Waals surface area contributed by atoms with Crippen molar-refractivity contribution in [1.29, 1.82) is 0 Å². The van der Waals surface area contributed by atoms with Crippen molar-refractivity contribution < 1.29 is 14.3 Å². The van der Waals surface area contributed by atoms with Gasteiger partial charge >= 0.3 is 6.09 Å². The molecule has 0 fully saturated rings. The first kappa shape index (κ1) is 14.1. The topological polar surface area (TPSA) is 51.5 Å². The molecule has 1 amide bonds. The first-order valence-electron chi connectivity index (χ1n) is 6.66. The predicted molar refractivity (Wildman–Crippen MR) is 77.2 cm³/mol. The number of carbonyl (C=O) groups is 2. The molecule has 2 rings (SSSR count). The van der Waals surface area contributed by atoms with E-state index in [0.717, 1.165) is 10.9 Å². The number of para-hydroxylation sites is 1. The largest absolute Gasteiger partial charge is 0.415 e. The lowest BCUT2D eigenvalue weighted by Gasteiger charge is -2.17. The summed E-state index contributed by atoms with van der Waals surface area (Å²) in [5.41, 5.74) is 0.738. The average Bonchev–Trinajstić information content (AvgIpc) is 2.79. The number of benzene rings is 1. The van der Waals surface area contributed by atoms with Gasteiger partial charge < -0.3 is 9.64 Å². The van der Waals surface area contributed by atoms with Crippen molar-refractivity contribution in [2.24, 2.45) is 0 Å². The molecule has 0 saturated heterocycles. The second kappa shape index (κ2) is 5.77. The van der Waals surface area contributed by atoms with Crippen LogP contribution in [0.2, 0.25) is 0 Å². The molecule has 0 radical (unpaired) electrons. The summed E-state index contributed by atoms with van der Waals surface area (Å²) >= 11 is 0. The normalized spacial score (nSPS) is 10.6. The number of carbonyl (C=O) groups excluding carboxylic acids is 2. The number of hydrogen-bond acceptors (Lipinski definition) is 3. The lowest BCUT2D eigenvalue weighted by atomic mass is 10.2. The SMILES string of the molecule is CCN(CC)C(=O)Oc1cn(C(C)=O)c2ccccc12. The molecule has 5 heteroatoms. The Bertz CT molecular complexity index is 642. The van der Waals surface area contributed by atoms with Gasteiger partial charge in [0, 0.05) is 25.4 Å². The number of amides is 1. The third kappa shape index (κ3) is 2.52. The van der Waals surface area contributed by atoms with Gasteiger partial charge in [-0.25, -0.2) is 4.79 Å². The van der Waals surface area contributed by atoms with Crippen molar-refractivity contribution in [3.63, 3.8) is 0 Å². The Balaban J connectivity index is 2.40. The first-order valence-corrected chi connectivity index (χ1v) is 6.66. The van der Waals surface area contributed by atoms with Crippen LogP contribution in [-0.4, -0.2) is 34.6 Å². The lowest BCUT2D eigenvalue weighted by Crippen LogP contribution is -2.33. The second-order valence-electron chi connectivity index (χ2n) is 4.44. The Morgan fingerprint density at radius 1 is 1.20 bits per heavy atom. The molecule has 106 valence electrons. The highest BCUT2D eigenvalue weighted by Crippen LogP contribution is 2.28. The molecule has 2 aromatic rings. The minimum absolute atomic E-state index is 0.119. The Labute approximate surface area is 117 Å². The third-order valence-corrected chi connectivity index (χ3v) is 3.23. The quantitative estimate of drug-likeness (QED) is 0.864. The molecule has 0 N–H and O–H groups in total. The van der Waals surface area contributed by atoms with Crippen LogP contribution in [-0.2, 0) is 0 Å². The van der Waals surface area contributed by atoms with E-state index in [1.807, 2.05) is 38.1 Å². The van der Waals surface area contributed by atoms with Gasteiger partial charge in [0.05, 0.1) is 11.7 Å². The van der Waals surface area contributed by atoms with Gasteiger partial charge in [0.25, 0.3) is 0 Å². The smallest absolute Gasteiger partial charge is 0.408 e. The Morgan fingerprint density at radius 3 is 2.45 bits per heavy atom. The van der Waals surface area contributed by atoms with Crippen LogP contribution in [0.25, 0.3) is 10.9 Å². The van der Waals surface area contributed by atoms with E-state index in [4.69, 9.17) is 4.74 Å². The number of hydrogen-bond donors (Lipinski definition) is 0. The molecule has 0 atom stereocenters. The number of fused-ring (bicyclic) bond motifs is 1. The minimum Gasteiger partial charge on any atom is -0.408 e. The molecule has 5 nitrogen and oxygen atoms in total. The van der Waals surface area contributed by atoms with Crippen LogP contribution in [0.1, 0.15) is 25.6 Å². The van der Waals surface area contributed by atoms with Gasteiger partial charge in [-0.05, 0) is 26.0 Å². The molecule has 0 unspecified atom stereocenters. The fourth-order valence-corrected chi connectivity index (χ4v) is 2.13. The molecule has 0 bridgehead atoms. The number of rotatable bonds is 3. The zero-order valence-corrected chi connectivity index (χ0v) is 11.9. The summed E-state index contributed by atoms with van der Waals surface area (Å²) in [7, 11) is 0. The number of nitrogens with zero attached hydrogens (tertiary/aromatic N) is 2. The van der Waals surface area contributed by atoms with Crippen LogP contribution in [0.5, 0.6) is 5.75 Å². The molecular formula is C15H18N2O3. The van der Waals surface area contributed by atoms with Crippen molar-refractivity contribution in [1.82, 2.24) is 9.47 Å². The van der Waals surface area contributed by atoms with Gasteiger partial charge in [0.1, 0.15) is 0 Å². The lowest BCUT2D eigenvalue weighted by molar-refractivity contribution is 0.0940. The van der Waals surface area contributed by atoms with Crippen molar-refractivity contribution in [2.75, 3.05) is 13.1 Å². The van der Waals surface area contributed by atoms with Crippen molar-refractivity contribution in [2.45, 2.75) is 20.8 Å². The van der Waals surface area contributed by atoms with E-state index in [1.54, 1.807) is 11.1 Å². The van der Waals surface area contributed by atoms with E-state index in [-0.39, 0.29) is 5.91 Å². The van der Waals surface area contributed by atoms with Crippen LogP contribution in [0.15, 0.2) is 30.5 Å². The number of aromatic nitrogens is 1. The van der Waals surface area contributed by atoms with Gasteiger partial charge in [0.15, 0.2) is 5.75 Å². The molecule has 0 aliphatic heterocycles. The zero-order chi connectivity index (χ0) is 14.7. The minimum atomic E-state index is -0.401. The highest BCUT2D eigenvalue weighted by atomic mass is 16.6. The maximum atomic E-state index is 12.0. The van der Waals surface area contributed by atoms with Crippen molar-refractivity contribution in [3.05, 3.63) is 30.5 Å². The van der Waals surface area contributed by atoms with Crippen LogP contribution >= 0.6 is 0 Å². The monoisotopic (exact) mass is 274 g/mol. The highest BCUT2D eigenvalue weighted by molar-refractivity contribution is 5.96. The first-order chi connectivity index (χ1) is 9.58. The number of ether oxygens (including phenoxy) is 1. The molecule has 1 heterocycles. The van der Waals surface area contributed by atoms with Crippen LogP contribution in [0, 0.1) is 0 Å². The Morgan fingerprint density at radius 2 is 1.85 bits per heavy atom. The average molecular weight is 274 g/mol. The van der Waals surface area contributed by atoms with Gasteiger partial charge in [0.2, 0.25) is 5.91 Å². The molecule has 0 aliphatic carbocycles. The van der Waals surface area contributed by atoms with Gasteiger partial charge in [-0.15, -0.1) is 0 Å². The fraction of sp³-hybridized carbons (Fsp3) is 0.333. The Kier molecular flexibility index (Phi) is 4.08. The fourth-order valence-electron chi connectivity index (χ4n) is 2.13. The summed E-state index contributed by atoms with van der Waals surface area (Å²) in [5, 5.41) is 0.753. The van der Waals surface area contributed by atoms with E-state index < -0.39 is 6.09 Å². The van der Waals surface area contributed by atoms with Crippen LogP contribution < -0.4 is 4.74 Å². The molecular weight excluding hydrogens is 256 g/mol. The third-order valence-electron chi connectivity index (χ3n) is 3.23. The van der Waals surface area contributed by atoms with Crippen molar-refractivity contribution in [3.8, 4) is 5.75 Å². The summed E-state index contributed by atoms with van der Waals surface area (Å²) in [6, 6.07) is 7.35. The standard InChI is InChI=1S/C15H18N2O3/c1-4-16(5-2)15(19)20-14-10-17(11(3)18)13-9-7-6-8-12(13)14/h6-10H,4-5H2,1-3H3. The van der Waals surface area contributed by atoms with E-state index in [1.165, 1.54) is 11.5 Å².